The SMILES string of the molecule is C[C@@H]1CCc2c(cnc3c(C(=O)NC[C@@H](C)c4ccccc4)cnn23)C1. The average molecular weight is 348 g/mol. The van der Waals surface area contributed by atoms with Crippen LogP contribution in [0.15, 0.2) is 42.7 Å². The van der Waals surface area contributed by atoms with E-state index in [1.807, 2.05) is 28.9 Å². The number of aryl methyl sites for hydroxylation is 1. The number of aromatic nitrogens is 3. The van der Waals surface area contributed by atoms with E-state index >= 15 is 0 Å². The van der Waals surface area contributed by atoms with Crippen LogP contribution in [0.25, 0.3) is 5.65 Å². The highest BCUT2D eigenvalue weighted by Crippen LogP contribution is 2.25. The third kappa shape index (κ3) is 3.09. The molecule has 0 radical (unpaired) electrons. The summed E-state index contributed by atoms with van der Waals surface area (Å²) in [5.41, 5.74) is 4.87. The zero-order valence-corrected chi connectivity index (χ0v) is 15.3. The smallest absolute Gasteiger partial charge is 0.256 e. The fourth-order valence-corrected chi connectivity index (χ4v) is 3.71. The summed E-state index contributed by atoms with van der Waals surface area (Å²) in [6, 6.07) is 10.2. The molecule has 0 saturated carbocycles. The van der Waals surface area contributed by atoms with Crippen molar-refractivity contribution < 1.29 is 4.79 Å². The molecular weight excluding hydrogens is 324 g/mol. The van der Waals surface area contributed by atoms with E-state index in [2.05, 4.69) is 41.4 Å². The minimum atomic E-state index is -0.112. The van der Waals surface area contributed by atoms with Gasteiger partial charge < -0.3 is 5.32 Å². The van der Waals surface area contributed by atoms with E-state index < -0.39 is 0 Å². The Morgan fingerprint density at radius 3 is 2.92 bits per heavy atom. The van der Waals surface area contributed by atoms with Gasteiger partial charge in [0.1, 0.15) is 5.56 Å². The van der Waals surface area contributed by atoms with Crippen molar-refractivity contribution >= 4 is 11.6 Å². The number of nitrogens with one attached hydrogen (secondary N) is 1. The number of hydrogen-bond acceptors (Lipinski definition) is 3. The maximum absolute atomic E-state index is 12.7. The molecule has 134 valence electrons. The fraction of sp³-hybridized carbons (Fsp3) is 0.381. The number of carbonyl (C=O) groups is 1. The van der Waals surface area contributed by atoms with Gasteiger partial charge in [0, 0.05) is 18.4 Å². The van der Waals surface area contributed by atoms with Gasteiger partial charge in [0.25, 0.3) is 5.91 Å². The highest BCUT2D eigenvalue weighted by Gasteiger charge is 2.22. The lowest BCUT2D eigenvalue weighted by Crippen LogP contribution is -2.27. The molecule has 3 aromatic rings. The van der Waals surface area contributed by atoms with E-state index in [-0.39, 0.29) is 11.8 Å². The molecule has 26 heavy (non-hydrogen) atoms. The molecule has 5 heteroatoms. The first-order chi connectivity index (χ1) is 12.6. The Bertz CT molecular complexity index is 932. The summed E-state index contributed by atoms with van der Waals surface area (Å²) in [4.78, 5) is 17.2. The van der Waals surface area contributed by atoms with Crippen molar-refractivity contribution in [3.05, 3.63) is 65.1 Å². The van der Waals surface area contributed by atoms with E-state index in [1.165, 1.54) is 16.8 Å². The molecule has 1 N–H and O–H groups in total. The molecule has 1 aromatic carbocycles. The monoisotopic (exact) mass is 348 g/mol. The Morgan fingerprint density at radius 2 is 2.12 bits per heavy atom. The van der Waals surface area contributed by atoms with Crippen LogP contribution in [0.2, 0.25) is 0 Å². The maximum Gasteiger partial charge on any atom is 0.256 e. The van der Waals surface area contributed by atoms with Gasteiger partial charge in [0.05, 0.1) is 6.20 Å². The number of amides is 1. The van der Waals surface area contributed by atoms with Crippen LogP contribution in [-0.2, 0) is 12.8 Å². The summed E-state index contributed by atoms with van der Waals surface area (Å²) in [6.45, 7) is 4.97. The van der Waals surface area contributed by atoms with E-state index in [1.54, 1.807) is 6.20 Å². The zero-order chi connectivity index (χ0) is 18.1. The lowest BCUT2D eigenvalue weighted by molar-refractivity contribution is 0.0953. The molecule has 0 aliphatic heterocycles. The minimum Gasteiger partial charge on any atom is -0.351 e. The molecule has 1 amide bonds. The van der Waals surface area contributed by atoms with Gasteiger partial charge in [-0.15, -0.1) is 0 Å². The van der Waals surface area contributed by atoms with Crippen molar-refractivity contribution in [3.8, 4) is 0 Å². The Labute approximate surface area is 153 Å². The van der Waals surface area contributed by atoms with Crippen molar-refractivity contribution in [3.63, 3.8) is 0 Å². The second-order valence-corrected chi connectivity index (χ2v) is 7.39. The van der Waals surface area contributed by atoms with Crippen LogP contribution in [-0.4, -0.2) is 27.0 Å². The maximum atomic E-state index is 12.7. The van der Waals surface area contributed by atoms with Gasteiger partial charge in [-0.1, -0.05) is 44.2 Å². The fourth-order valence-electron chi connectivity index (χ4n) is 3.71. The normalized spacial score (nSPS) is 17.7. The summed E-state index contributed by atoms with van der Waals surface area (Å²) in [6.07, 6.45) is 6.74. The molecule has 2 atom stereocenters. The van der Waals surface area contributed by atoms with Crippen LogP contribution < -0.4 is 5.32 Å². The Balaban J connectivity index is 1.52. The molecule has 0 saturated heterocycles. The third-order valence-electron chi connectivity index (χ3n) is 5.34. The molecule has 2 aromatic heterocycles. The number of hydrogen-bond donors (Lipinski definition) is 1. The molecule has 0 bridgehead atoms. The van der Waals surface area contributed by atoms with Gasteiger partial charge in [-0.2, -0.15) is 5.10 Å². The summed E-state index contributed by atoms with van der Waals surface area (Å²) in [7, 11) is 0. The Morgan fingerprint density at radius 1 is 1.31 bits per heavy atom. The van der Waals surface area contributed by atoms with Crippen molar-refractivity contribution in [1.82, 2.24) is 19.9 Å². The molecule has 1 aliphatic carbocycles. The summed E-state index contributed by atoms with van der Waals surface area (Å²) in [5.74, 6) is 0.822. The van der Waals surface area contributed by atoms with Crippen molar-refractivity contribution in [1.29, 1.82) is 0 Å². The Hall–Kier alpha value is -2.69. The number of benzene rings is 1. The number of fused-ring (bicyclic) bond motifs is 3. The van der Waals surface area contributed by atoms with Gasteiger partial charge in [0.2, 0.25) is 0 Å². The van der Waals surface area contributed by atoms with Crippen molar-refractivity contribution in [2.75, 3.05) is 6.54 Å². The quantitative estimate of drug-likeness (QED) is 0.786. The van der Waals surface area contributed by atoms with Crippen LogP contribution in [0.3, 0.4) is 0 Å². The molecule has 2 heterocycles. The number of rotatable bonds is 4. The van der Waals surface area contributed by atoms with Crippen LogP contribution in [0.1, 0.15) is 53.4 Å². The first-order valence-electron chi connectivity index (χ1n) is 9.31. The molecule has 0 spiro atoms. The molecule has 0 fully saturated rings. The standard InChI is InChI=1S/C21H24N4O/c1-14-8-9-19-17(10-14)12-22-20-18(13-24-25(19)20)21(26)23-11-15(2)16-6-4-3-5-7-16/h3-7,12-15H,8-11H2,1-2H3,(H,23,26)/t14-,15-/m1/s1. The van der Waals surface area contributed by atoms with Gasteiger partial charge in [0.15, 0.2) is 5.65 Å². The van der Waals surface area contributed by atoms with Crippen LogP contribution >= 0.6 is 0 Å². The zero-order valence-electron chi connectivity index (χ0n) is 15.3. The van der Waals surface area contributed by atoms with Gasteiger partial charge >= 0.3 is 0 Å². The van der Waals surface area contributed by atoms with Crippen molar-refractivity contribution in [2.24, 2.45) is 5.92 Å². The van der Waals surface area contributed by atoms with Crippen LogP contribution in [0.5, 0.6) is 0 Å². The highest BCUT2D eigenvalue weighted by molar-refractivity contribution is 5.99. The molecule has 0 unspecified atom stereocenters. The predicted molar refractivity (Wildman–Crippen MR) is 101 cm³/mol. The van der Waals surface area contributed by atoms with E-state index in [0.717, 1.165) is 19.3 Å². The van der Waals surface area contributed by atoms with E-state index in [4.69, 9.17) is 0 Å². The van der Waals surface area contributed by atoms with Crippen LogP contribution in [0.4, 0.5) is 0 Å². The summed E-state index contributed by atoms with van der Waals surface area (Å²) >= 11 is 0. The van der Waals surface area contributed by atoms with Crippen molar-refractivity contribution in [2.45, 2.75) is 39.0 Å². The first-order valence-corrected chi connectivity index (χ1v) is 9.31. The molecule has 1 aliphatic rings. The first kappa shape index (κ1) is 16.8. The second kappa shape index (κ2) is 6.90. The van der Waals surface area contributed by atoms with Gasteiger partial charge in [-0.25, -0.2) is 9.50 Å². The van der Waals surface area contributed by atoms with Crippen LogP contribution in [0, 0.1) is 5.92 Å². The second-order valence-electron chi connectivity index (χ2n) is 7.39. The van der Waals surface area contributed by atoms with E-state index in [9.17, 15) is 4.79 Å². The molecule has 5 nitrogen and oxygen atoms in total. The molecular formula is C21H24N4O. The average Bonchev–Trinajstić information content (AvgIpc) is 3.10. The topological polar surface area (TPSA) is 59.3 Å². The lowest BCUT2D eigenvalue weighted by atomic mass is 9.89. The predicted octanol–water partition coefficient (Wildman–Crippen LogP) is 3.39. The van der Waals surface area contributed by atoms with Gasteiger partial charge in [-0.05, 0) is 42.2 Å². The minimum absolute atomic E-state index is 0.112. The highest BCUT2D eigenvalue weighted by atomic mass is 16.1. The Kier molecular flexibility index (Phi) is 4.45. The number of carbonyl (C=O) groups excluding carboxylic acids is 1. The van der Waals surface area contributed by atoms with E-state index in [0.29, 0.717) is 23.7 Å². The lowest BCUT2D eigenvalue weighted by Gasteiger charge is -2.21. The molecule has 4 rings (SSSR count). The number of nitrogens with zero attached hydrogens (tertiary/aromatic N) is 3. The summed E-state index contributed by atoms with van der Waals surface area (Å²) in [5, 5.41) is 7.49. The third-order valence-corrected chi connectivity index (χ3v) is 5.34. The largest absolute Gasteiger partial charge is 0.351 e. The summed E-state index contributed by atoms with van der Waals surface area (Å²) < 4.78 is 1.86. The van der Waals surface area contributed by atoms with Gasteiger partial charge in [-0.3, -0.25) is 4.79 Å².